The number of carboxylic acids is 1. The zero-order valence-electron chi connectivity index (χ0n) is 8.10. The monoisotopic (exact) mass is 226 g/mol. The number of carbonyl (C=O) groups excluding carboxylic acids is 1. The molecule has 0 saturated heterocycles. The first kappa shape index (κ1) is 11.5. The molecule has 0 unspecified atom stereocenters. The number of hydrogen-bond acceptors (Lipinski definition) is 4. The van der Waals surface area contributed by atoms with Gasteiger partial charge in [-0.3, -0.25) is 4.79 Å². The highest BCUT2D eigenvalue weighted by Crippen LogP contribution is 2.16. The van der Waals surface area contributed by atoms with Crippen LogP contribution >= 0.6 is 11.3 Å². The van der Waals surface area contributed by atoms with Crippen LogP contribution < -0.4 is 0 Å². The van der Waals surface area contributed by atoms with Gasteiger partial charge in [-0.15, -0.1) is 11.3 Å². The summed E-state index contributed by atoms with van der Waals surface area (Å²) in [5.74, 6) is -1.66. The molecule has 1 heterocycles. The van der Waals surface area contributed by atoms with Crippen LogP contribution in [0.2, 0.25) is 0 Å². The molecule has 0 aliphatic carbocycles. The van der Waals surface area contributed by atoms with Crippen LogP contribution in [0.4, 0.5) is 0 Å². The predicted molar refractivity (Wildman–Crippen MR) is 56.6 cm³/mol. The van der Waals surface area contributed by atoms with Crippen LogP contribution in [0.1, 0.15) is 11.3 Å². The summed E-state index contributed by atoms with van der Waals surface area (Å²) in [6.45, 7) is 0. The molecular formula is C10H10O4S. The summed E-state index contributed by atoms with van der Waals surface area (Å²) in [5, 5.41) is 10.5. The second kappa shape index (κ2) is 5.31. The number of esters is 1. The molecule has 1 aromatic heterocycles. The Kier molecular flexibility index (Phi) is 4.05. The van der Waals surface area contributed by atoms with E-state index in [2.05, 4.69) is 4.74 Å². The highest BCUT2D eigenvalue weighted by molar-refractivity contribution is 7.10. The number of rotatable bonds is 4. The number of methoxy groups -OCH3 is 1. The zero-order valence-corrected chi connectivity index (χ0v) is 8.91. The molecule has 0 amide bonds. The van der Waals surface area contributed by atoms with Crippen molar-refractivity contribution < 1.29 is 19.4 Å². The second-order valence-corrected chi connectivity index (χ2v) is 3.73. The first-order chi connectivity index (χ1) is 7.13. The van der Waals surface area contributed by atoms with Crippen molar-refractivity contribution in [3.63, 3.8) is 0 Å². The van der Waals surface area contributed by atoms with E-state index in [9.17, 15) is 9.59 Å². The summed E-state index contributed by atoms with van der Waals surface area (Å²) in [5.41, 5.74) is 0.146. The molecule has 1 aromatic rings. The summed E-state index contributed by atoms with van der Waals surface area (Å²) < 4.78 is 4.50. The van der Waals surface area contributed by atoms with Crippen LogP contribution in [0.25, 0.3) is 6.08 Å². The zero-order chi connectivity index (χ0) is 11.3. The molecule has 1 N–H and O–H groups in total. The molecule has 1 rings (SSSR count). The third-order valence-corrected chi connectivity index (χ3v) is 2.47. The number of aliphatic carboxylic acids is 1. The molecular weight excluding hydrogens is 216 g/mol. The van der Waals surface area contributed by atoms with Crippen molar-refractivity contribution in [3.05, 3.63) is 28.0 Å². The fourth-order valence-corrected chi connectivity index (χ4v) is 1.70. The van der Waals surface area contributed by atoms with Crippen molar-refractivity contribution in [2.45, 2.75) is 6.42 Å². The largest absolute Gasteiger partial charge is 0.481 e. The highest BCUT2D eigenvalue weighted by atomic mass is 32.1. The lowest BCUT2D eigenvalue weighted by Gasteiger charge is -2.01. The van der Waals surface area contributed by atoms with Crippen LogP contribution in [0.3, 0.4) is 0 Å². The molecule has 0 aromatic carbocycles. The topological polar surface area (TPSA) is 63.6 Å². The normalized spacial score (nSPS) is 11.1. The summed E-state index contributed by atoms with van der Waals surface area (Å²) >= 11 is 1.43. The van der Waals surface area contributed by atoms with E-state index < -0.39 is 11.9 Å². The molecule has 0 spiro atoms. The minimum atomic E-state index is -1.05. The maximum Gasteiger partial charge on any atom is 0.334 e. The van der Waals surface area contributed by atoms with Crippen LogP contribution in [-0.4, -0.2) is 24.2 Å². The molecule has 0 atom stereocenters. The first-order valence-corrected chi connectivity index (χ1v) is 5.05. The van der Waals surface area contributed by atoms with Gasteiger partial charge in [-0.05, 0) is 17.5 Å². The van der Waals surface area contributed by atoms with Crippen molar-refractivity contribution in [2.75, 3.05) is 7.11 Å². The maximum atomic E-state index is 11.2. The van der Waals surface area contributed by atoms with E-state index in [1.807, 2.05) is 11.4 Å². The Morgan fingerprint density at radius 1 is 1.60 bits per heavy atom. The lowest BCUT2D eigenvalue weighted by Crippen LogP contribution is -2.09. The fourth-order valence-electron chi connectivity index (χ4n) is 1.02. The van der Waals surface area contributed by atoms with Gasteiger partial charge in [-0.1, -0.05) is 6.07 Å². The number of carboxylic acid groups (broad SMARTS) is 1. The lowest BCUT2D eigenvalue weighted by atomic mass is 10.1. The van der Waals surface area contributed by atoms with E-state index in [0.29, 0.717) is 0 Å². The molecule has 0 radical (unpaired) electrons. The van der Waals surface area contributed by atoms with Crippen molar-refractivity contribution in [3.8, 4) is 0 Å². The Balaban J connectivity index is 2.90. The van der Waals surface area contributed by atoms with Crippen LogP contribution in [0.5, 0.6) is 0 Å². The molecule has 80 valence electrons. The molecule has 15 heavy (non-hydrogen) atoms. The molecule has 0 saturated carbocycles. The van der Waals surface area contributed by atoms with Crippen molar-refractivity contribution in [1.29, 1.82) is 0 Å². The molecule has 0 aliphatic rings. The average molecular weight is 226 g/mol. The van der Waals surface area contributed by atoms with E-state index in [4.69, 9.17) is 5.11 Å². The van der Waals surface area contributed by atoms with Gasteiger partial charge in [-0.25, -0.2) is 4.79 Å². The molecule has 0 fully saturated rings. The number of carbonyl (C=O) groups is 2. The minimum absolute atomic E-state index is 0.146. The van der Waals surface area contributed by atoms with E-state index in [1.54, 1.807) is 6.07 Å². The molecule has 4 nitrogen and oxygen atoms in total. The summed E-state index contributed by atoms with van der Waals surface area (Å²) in [6.07, 6.45) is 1.20. The summed E-state index contributed by atoms with van der Waals surface area (Å²) in [7, 11) is 1.23. The second-order valence-electron chi connectivity index (χ2n) is 2.75. The van der Waals surface area contributed by atoms with Gasteiger partial charge in [0, 0.05) is 10.5 Å². The highest BCUT2D eigenvalue weighted by Gasteiger charge is 2.13. The third-order valence-electron chi connectivity index (χ3n) is 1.65. The Hall–Kier alpha value is -1.62. The Morgan fingerprint density at radius 3 is 2.80 bits per heavy atom. The van der Waals surface area contributed by atoms with E-state index in [1.165, 1.54) is 24.5 Å². The van der Waals surface area contributed by atoms with Crippen molar-refractivity contribution >= 4 is 29.4 Å². The summed E-state index contributed by atoms with van der Waals surface area (Å²) in [6, 6.07) is 3.63. The maximum absolute atomic E-state index is 11.2. The first-order valence-electron chi connectivity index (χ1n) is 4.17. The average Bonchev–Trinajstić information content (AvgIpc) is 2.67. The Labute approximate surface area is 90.8 Å². The van der Waals surface area contributed by atoms with Gasteiger partial charge < -0.3 is 9.84 Å². The lowest BCUT2D eigenvalue weighted by molar-refractivity contribution is -0.141. The van der Waals surface area contributed by atoms with Crippen molar-refractivity contribution in [1.82, 2.24) is 0 Å². The fraction of sp³-hybridized carbons (Fsp3) is 0.200. The van der Waals surface area contributed by atoms with Gasteiger partial charge in [0.05, 0.1) is 13.5 Å². The van der Waals surface area contributed by atoms with Gasteiger partial charge in [-0.2, -0.15) is 0 Å². The predicted octanol–water partition coefficient (Wildman–Crippen LogP) is 1.78. The van der Waals surface area contributed by atoms with Crippen LogP contribution in [0, 0.1) is 0 Å². The van der Waals surface area contributed by atoms with Gasteiger partial charge in [0.25, 0.3) is 0 Å². The van der Waals surface area contributed by atoms with Gasteiger partial charge in [0.2, 0.25) is 0 Å². The minimum Gasteiger partial charge on any atom is -0.481 e. The Morgan fingerprint density at radius 2 is 2.33 bits per heavy atom. The van der Waals surface area contributed by atoms with E-state index in [-0.39, 0.29) is 12.0 Å². The molecule has 0 bridgehead atoms. The number of ether oxygens (including phenoxy) is 1. The smallest absolute Gasteiger partial charge is 0.334 e. The standard InChI is InChI=1S/C10H10O4S/c1-14-10(13)7(6-9(11)12)5-8-3-2-4-15-8/h2-5H,6H2,1H3,(H,11,12). The van der Waals surface area contributed by atoms with Crippen LogP contribution in [-0.2, 0) is 14.3 Å². The molecule has 0 aliphatic heterocycles. The SMILES string of the molecule is COC(=O)C(=Cc1cccs1)CC(=O)O. The Bertz CT molecular complexity index is 378. The van der Waals surface area contributed by atoms with Gasteiger partial charge in [0.1, 0.15) is 0 Å². The van der Waals surface area contributed by atoms with E-state index >= 15 is 0 Å². The number of thiophene rings is 1. The number of hydrogen-bond donors (Lipinski definition) is 1. The quantitative estimate of drug-likeness (QED) is 0.628. The summed E-state index contributed by atoms with van der Waals surface area (Å²) in [4.78, 5) is 22.6. The molecule has 5 heteroatoms. The van der Waals surface area contributed by atoms with Crippen LogP contribution in [0.15, 0.2) is 23.1 Å². The van der Waals surface area contributed by atoms with E-state index in [0.717, 1.165) is 4.88 Å². The van der Waals surface area contributed by atoms with Gasteiger partial charge in [0.15, 0.2) is 0 Å². The van der Waals surface area contributed by atoms with Crippen molar-refractivity contribution in [2.24, 2.45) is 0 Å². The van der Waals surface area contributed by atoms with Gasteiger partial charge >= 0.3 is 11.9 Å². The third kappa shape index (κ3) is 3.55.